The van der Waals surface area contributed by atoms with Crippen molar-refractivity contribution < 1.29 is 14.3 Å². The zero-order valence-corrected chi connectivity index (χ0v) is 18.5. The SMILES string of the molecule is Cc1cc(SCC(=O)OCC(=O)c2cc(C)n(C3CC3)c2C)c(C)cc1Br. The number of Topliss-reactive ketones (excluding diaryl/α,β-unsaturated/α-hetero) is 1. The monoisotopic (exact) mass is 449 g/mol. The second-order valence-electron chi connectivity index (χ2n) is 7.13. The van der Waals surface area contributed by atoms with Crippen molar-refractivity contribution in [1.29, 1.82) is 0 Å². The van der Waals surface area contributed by atoms with Crippen molar-refractivity contribution in [2.75, 3.05) is 12.4 Å². The summed E-state index contributed by atoms with van der Waals surface area (Å²) in [5, 5.41) is 0. The van der Waals surface area contributed by atoms with Crippen LogP contribution in [0.25, 0.3) is 0 Å². The highest BCUT2D eigenvalue weighted by molar-refractivity contribution is 9.10. The van der Waals surface area contributed by atoms with Gasteiger partial charge in [0.25, 0.3) is 0 Å². The van der Waals surface area contributed by atoms with E-state index in [1.165, 1.54) is 24.6 Å². The summed E-state index contributed by atoms with van der Waals surface area (Å²) in [6.45, 7) is 7.81. The number of rotatable bonds is 7. The maximum atomic E-state index is 12.5. The number of ketones is 1. The molecule has 27 heavy (non-hydrogen) atoms. The first-order valence-corrected chi connectivity index (χ1v) is 10.8. The van der Waals surface area contributed by atoms with E-state index in [1.54, 1.807) is 0 Å². The second-order valence-corrected chi connectivity index (χ2v) is 9.00. The van der Waals surface area contributed by atoms with Crippen LogP contribution in [0.4, 0.5) is 0 Å². The van der Waals surface area contributed by atoms with E-state index in [0.29, 0.717) is 11.6 Å². The lowest BCUT2D eigenvalue weighted by molar-refractivity contribution is -0.139. The largest absolute Gasteiger partial charge is 0.457 e. The number of hydrogen-bond acceptors (Lipinski definition) is 4. The second kappa shape index (κ2) is 8.23. The molecule has 0 bridgehead atoms. The summed E-state index contributed by atoms with van der Waals surface area (Å²) < 4.78 is 8.51. The summed E-state index contributed by atoms with van der Waals surface area (Å²) in [5.41, 5.74) is 4.97. The van der Waals surface area contributed by atoms with Gasteiger partial charge in [0.1, 0.15) is 0 Å². The lowest BCUT2D eigenvalue weighted by Crippen LogP contribution is -2.16. The molecule has 0 spiro atoms. The molecular weight excluding hydrogens is 426 g/mol. The minimum Gasteiger partial charge on any atom is -0.457 e. The normalized spacial score (nSPS) is 13.7. The van der Waals surface area contributed by atoms with Gasteiger partial charge in [0.15, 0.2) is 6.61 Å². The molecule has 1 saturated carbocycles. The molecule has 0 saturated heterocycles. The van der Waals surface area contributed by atoms with Crippen LogP contribution in [-0.2, 0) is 9.53 Å². The Kier molecular flexibility index (Phi) is 6.16. The summed E-state index contributed by atoms with van der Waals surface area (Å²) in [7, 11) is 0. The first-order chi connectivity index (χ1) is 12.8. The van der Waals surface area contributed by atoms with Crippen molar-refractivity contribution in [3.05, 3.63) is 50.8 Å². The Morgan fingerprint density at radius 2 is 1.85 bits per heavy atom. The third kappa shape index (κ3) is 4.66. The van der Waals surface area contributed by atoms with Crippen LogP contribution in [0.15, 0.2) is 27.6 Å². The standard InChI is InChI=1S/C21H24BrNO3S/c1-12-8-20(13(2)7-18(12)22)27-11-21(25)26-10-19(24)17-9-14(3)23(15(17)4)16-5-6-16/h7-9,16H,5-6,10-11H2,1-4H3. The Bertz CT molecular complexity index is 899. The van der Waals surface area contributed by atoms with Gasteiger partial charge in [0, 0.05) is 32.4 Å². The number of esters is 1. The summed E-state index contributed by atoms with van der Waals surface area (Å²) >= 11 is 4.94. The van der Waals surface area contributed by atoms with Crippen LogP contribution in [0.3, 0.4) is 0 Å². The number of carbonyl (C=O) groups is 2. The van der Waals surface area contributed by atoms with Gasteiger partial charge < -0.3 is 9.30 Å². The van der Waals surface area contributed by atoms with E-state index in [1.807, 2.05) is 39.8 Å². The molecule has 0 N–H and O–H groups in total. The van der Waals surface area contributed by atoms with Crippen molar-refractivity contribution in [2.24, 2.45) is 0 Å². The molecule has 1 aliphatic rings. The molecule has 0 atom stereocenters. The Morgan fingerprint density at radius 1 is 1.15 bits per heavy atom. The van der Waals surface area contributed by atoms with Crippen LogP contribution in [0.2, 0.25) is 0 Å². The number of carbonyl (C=O) groups excluding carboxylic acids is 2. The Balaban J connectivity index is 1.54. The maximum absolute atomic E-state index is 12.5. The quantitative estimate of drug-likeness (QED) is 0.325. The van der Waals surface area contributed by atoms with Crippen LogP contribution in [0.5, 0.6) is 0 Å². The highest BCUT2D eigenvalue weighted by Crippen LogP contribution is 2.38. The smallest absolute Gasteiger partial charge is 0.316 e. The molecule has 1 aliphatic carbocycles. The predicted octanol–water partition coefficient (Wildman–Crippen LogP) is 5.34. The van der Waals surface area contributed by atoms with Crippen LogP contribution in [0.1, 0.15) is 51.8 Å². The third-order valence-corrected chi connectivity index (χ3v) is 6.85. The molecular formula is C21H24BrNO3S. The van der Waals surface area contributed by atoms with Crippen molar-refractivity contribution in [2.45, 2.75) is 51.5 Å². The molecule has 3 rings (SSSR count). The first kappa shape index (κ1) is 20.2. The van der Waals surface area contributed by atoms with Gasteiger partial charge in [-0.2, -0.15) is 0 Å². The molecule has 0 aliphatic heterocycles. The Morgan fingerprint density at radius 3 is 2.52 bits per heavy atom. The molecule has 4 nitrogen and oxygen atoms in total. The fraction of sp³-hybridized carbons (Fsp3) is 0.429. The molecule has 6 heteroatoms. The van der Waals surface area contributed by atoms with Crippen molar-refractivity contribution in [1.82, 2.24) is 4.57 Å². The Labute approximate surface area is 172 Å². The number of aryl methyl sites for hydroxylation is 3. The summed E-state index contributed by atoms with van der Waals surface area (Å²) in [6, 6.07) is 6.53. The molecule has 0 amide bonds. The van der Waals surface area contributed by atoms with Crippen LogP contribution in [-0.4, -0.2) is 28.7 Å². The molecule has 1 aromatic carbocycles. The number of nitrogens with zero attached hydrogens (tertiary/aromatic N) is 1. The van der Waals surface area contributed by atoms with Gasteiger partial charge in [-0.25, -0.2) is 0 Å². The number of ether oxygens (including phenoxy) is 1. The Hall–Kier alpha value is -1.53. The summed E-state index contributed by atoms with van der Waals surface area (Å²) in [4.78, 5) is 25.6. The van der Waals surface area contributed by atoms with Gasteiger partial charge in [-0.15, -0.1) is 11.8 Å². The van der Waals surface area contributed by atoms with E-state index in [2.05, 4.69) is 26.6 Å². The maximum Gasteiger partial charge on any atom is 0.316 e. The number of thioether (sulfide) groups is 1. The number of halogens is 1. The summed E-state index contributed by atoms with van der Waals surface area (Å²) in [6.07, 6.45) is 2.34. The molecule has 0 unspecified atom stereocenters. The molecule has 0 radical (unpaired) electrons. The van der Waals surface area contributed by atoms with E-state index in [4.69, 9.17) is 4.74 Å². The van der Waals surface area contributed by atoms with Gasteiger partial charge in [-0.1, -0.05) is 15.9 Å². The predicted molar refractivity (Wildman–Crippen MR) is 112 cm³/mol. The molecule has 144 valence electrons. The molecule has 2 aromatic rings. The first-order valence-electron chi connectivity index (χ1n) is 9.04. The van der Waals surface area contributed by atoms with E-state index >= 15 is 0 Å². The van der Waals surface area contributed by atoms with Gasteiger partial charge in [-0.05, 0) is 69.9 Å². The number of aromatic nitrogens is 1. The third-order valence-electron chi connectivity index (χ3n) is 4.86. The minimum absolute atomic E-state index is 0.135. The lowest BCUT2D eigenvalue weighted by Gasteiger charge is -2.09. The zero-order valence-electron chi connectivity index (χ0n) is 16.1. The fourth-order valence-corrected chi connectivity index (χ4v) is 4.63. The highest BCUT2D eigenvalue weighted by Gasteiger charge is 2.28. The lowest BCUT2D eigenvalue weighted by atomic mass is 10.1. The average molecular weight is 450 g/mol. The fourth-order valence-electron chi connectivity index (χ4n) is 3.27. The minimum atomic E-state index is -0.371. The molecule has 1 aromatic heterocycles. The van der Waals surface area contributed by atoms with Crippen molar-refractivity contribution >= 4 is 39.4 Å². The van der Waals surface area contributed by atoms with Crippen LogP contribution < -0.4 is 0 Å². The van der Waals surface area contributed by atoms with Gasteiger partial charge in [0.2, 0.25) is 5.78 Å². The van der Waals surface area contributed by atoms with Gasteiger partial charge >= 0.3 is 5.97 Å². The van der Waals surface area contributed by atoms with Crippen LogP contribution in [0, 0.1) is 27.7 Å². The van der Waals surface area contributed by atoms with Gasteiger partial charge in [0.05, 0.1) is 5.75 Å². The summed E-state index contributed by atoms with van der Waals surface area (Å²) in [5.74, 6) is -0.315. The van der Waals surface area contributed by atoms with E-state index in [9.17, 15) is 9.59 Å². The van der Waals surface area contributed by atoms with E-state index in [0.717, 1.165) is 31.9 Å². The average Bonchev–Trinajstić information content (AvgIpc) is 3.39. The highest BCUT2D eigenvalue weighted by atomic mass is 79.9. The zero-order chi connectivity index (χ0) is 19.7. The van der Waals surface area contributed by atoms with Crippen LogP contribution >= 0.6 is 27.7 Å². The van der Waals surface area contributed by atoms with E-state index in [-0.39, 0.29) is 24.1 Å². The molecule has 1 fully saturated rings. The molecule has 1 heterocycles. The van der Waals surface area contributed by atoms with Crippen molar-refractivity contribution in [3.63, 3.8) is 0 Å². The topological polar surface area (TPSA) is 48.3 Å². The number of hydrogen-bond donors (Lipinski definition) is 0. The van der Waals surface area contributed by atoms with E-state index < -0.39 is 0 Å². The van der Waals surface area contributed by atoms with Gasteiger partial charge in [-0.3, -0.25) is 9.59 Å². The number of benzene rings is 1. The van der Waals surface area contributed by atoms with Crippen molar-refractivity contribution in [3.8, 4) is 0 Å².